The SMILES string of the molecule is C[C@@H]1CN(C(=O)OC(C)(C)C)CCN1c1ccc(C(=O)Nc2cc(OC(F)(F)F)c(Br)cc2F)cn1. The number of aromatic nitrogens is 1. The second-order valence-corrected chi connectivity index (χ2v) is 9.99. The van der Waals surface area contributed by atoms with Gasteiger partial charge in [0.15, 0.2) is 0 Å². The van der Waals surface area contributed by atoms with Crippen LogP contribution in [0.5, 0.6) is 5.75 Å². The first kappa shape index (κ1) is 27.5. The molecule has 1 N–H and O–H groups in total. The number of rotatable bonds is 4. The molecule has 2 aromatic rings. The zero-order valence-corrected chi connectivity index (χ0v) is 21.5. The van der Waals surface area contributed by atoms with Crippen LogP contribution in [-0.2, 0) is 4.74 Å². The van der Waals surface area contributed by atoms with Crippen molar-refractivity contribution in [3.8, 4) is 5.75 Å². The molecule has 2 heterocycles. The van der Waals surface area contributed by atoms with E-state index in [-0.39, 0.29) is 16.1 Å². The summed E-state index contributed by atoms with van der Waals surface area (Å²) >= 11 is 2.80. The molecule has 1 atom stereocenters. The lowest BCUT2D eigenvalue weighted by Crippen LogP contribution is -2.54. The van der Waals surface area contributed by atoms with Gasteiger partial charge in [-0.2, -0.15) is 0 Å². The van der Waals surface area contributed by atoms with E-state index in [0.717, 1.165) is 12.1 Å². The van der Waals surface area contributed by atoms with Crippen molar-refractivity contribution in [3.63, 3.8) is 0 Å². The number of halogens is 5. The maximum atomic E-state index is 14.2. The lowest BCUT2D eigenvalue weighted by atomic mass is 10.1. The number of anilines is 2. The van der Waals surface area contributed by atoms with Crippen molar-refractivity contribution in [1.82, 2.24) is 9.88 Å². The quantitative estimate of drug-likeness (QED) is 0.478. The highest BCUT2D eigenvalue weighted by molar-refractivity contribution is 9.10. The summed E-state index contributed by atoms with van der Waals surface area (Å²) in [5.41, 5.74) is -1.01. The number of nitrogens with one attached hydrogen (secondary N) is 1. The van der Waals surface area contributed by atoms with E-state index in [0.29, 0.717) is 25.5 Å². The summed E-state index contributed by atoms with van der Waals surface area (Å²) < 4.78 is 60.9. The number of benzene rings is 1. The van der Waals surface area contributed by atoms with Gasteiger partial charge in [-0.25, -0.2) is 14.2 Å². The molecule has 0 saturated carbocycles. The normalized spacial score (nSPS) is 16.5. The molecule has 1 saturated heterocycles. The predicted octanol–water partition coefficient (Wildman–Crippen LogP) is 5.58. The van der Waals surface area contributed by atoms with Gasteiger partial charge >= 0.3 is 12.5 Å². The third kappa shape index (κ3) is 7.21. The van der Waals surface area contributed by atoms with Gasteiger partial charge < -0.3 is 24.6 Å². The van der Waals surface area contributed by atoms with E-state index in [1.165, 1.54) is 12.3 Å². The molecular weight excluding hydrogens is 552 g/mol. The van der Waals surface area contributed by atoms with E-state index < -0.39 is 41.2 Å². The van der Waals surface area contributed by atoms with Crippen molar-refractivity contribution in [2.75, 3.05) is 29.9 Å². The van der Waals surface area contributed by atoms with Crippen LogP contribution in [0.4, 0.5) is 33.9 Å². The van der Waals surface area contributed by atoms with Gasteiger partial charge in [-0.05, 0) is 61.8 Å². The van der Waals surface area contributed by atoms with Gasteiger partial charge in [0.25, 0.3) is 5.91 Å². The minimum absolute atomic E-state index is 0.0689. The Hall–Kier alpha value is -3.09. The standard InChI is InChI=1S/C23H25BrF4N4O4/c1-13-12-31(21(34)36-22(2,3)4)7-8-32(13)19-6-5-14(11-29-19)20(33)30-17-10-18(35-23(26,27)28)15(24)9-16(17)25/h5-6,9-11,13H,7-8,12H2,1-4H3,(H,30,33)/t13-/m1/s1. The van der Waals surface area contributed by atoms with Crippen LogP contribution in [0, 0.1) is 5.82 Å². The van der Waals surface area contributed by atoms with Crippen LogP contribution in [-0.4, -0.2) is 59.5 Å². The van der Waals surface area contributed by atoms with Crippen LogP contribution in [0.3, 0.4) is 0 Å². The van der Waals surface area contributed by atoms with E-state index in [2.05, 4.69) is 31.0 Å². The molecule has 1 aromatic heterocycles. The van der Waals surface area contributed by atoms with Gasteiger partial charge in [0, 0.05) is 37.9 Å². The van der Waals surface area contributed by atoms with Crippen molar-refractivity contribution in [1.29, 1.82) is 0 Å². The van der Waals surface area contributed by atoms with E-state index in [9.17, 15) is 27.2 Å². The Morgan fingerprint density at radius 2 is 1.86 bits per heavy atom. The zero-order chi connectivity index (χ0) is 26.8. The smallest absolute Gasteiger partial charge is 0.444 e. The average molecular weight is 577 g/mol. The third-order valence-corrected chi connectivity index (χ3v) is 5.70. The second kappa shape index (κ2) is 10.5. The summed E-state index contributed by atoms with van der Waals surface area (Å²) in [6.45, 7) is 8.66. The van der Waals surface area contributed by atoms with Crippen molar-refractivity contribution in [2.24, 2.45) is 0 Å². The molecule has 3 rings (SSSR count). The second-order valence-electron chi connectivity index (χ2n) is 9.14. The summed E-state index contributed by atoms with van der Waals surface area (Å²) in [6, 6.07) is 4.48. The van der Waals surface area contributed by atoms with Gasteiger partial charge in [-0.3, -0.25) is 4.79 Å². The first-order valence-electron chi connectivity index (χ1n) is 10.9. The first-order chi connectivity index (χ1) is 16.6. The Morgan fingerprint density at radius 1 is 1.17 bits per heavy atom. The van der Waals surface area contributed by atoms with E-state index in [4.69, 9.17) is 4.74 Å². The lowest BCUT2D eigenvalue weighted by Gasteiger charge is -2.40. The maximum absolute atomic E-state index is 14.2. The number of carbonyl (C=O) groups excluding carboxylic acids is 2. The molecule has 1 aliphatic rings. The van der Waals surface area contributed by atoms with E-state index >= 15 is 0 Å². The largest absolute Gasteiger partial charge is 0.573 e. The van der Waals surface area contributed by atoms with Gasteiger partial charge in [-0.15, -0.1) is 13.2 Å². The Bertz CT molecular complexity index is 1120. The van der Waals surface area contributed by atoms with Crippen molar-refractivity contribution < 1.29 is 36.6 Å². The number of carbonyl (C=O) groups is 2. The van der Waals surface area contributed by atoms with Crippen LogP contribution in [0.1, 0.15) is 38.1 Å². The molecule has 0 unspecified atom stereocenters. The van der Waals surface area contributed by atoms with Crippen molar-refractivity contribution in [2.45, 2.75) is 45.7 Å². The minimum Gasteiger partial charge on any atom is -0.444 e. The van der Waals surface area contributed by atoms with Crippen LogP contribution in [0.2, 0.25) is 0 Å². The number of piperazine rings is 1. The molecule has 1 aliphatic heterocycles. The Labute approximate surface area is 213 Å². The van der Waals surface area contributed by atoms with E-state index in [1.54, 1.807) is 31.7 Å². The lowest BCUT2D eigenvalue weighted by molar-refractivity contribution is -0.274. The maximum Gasteiger partial charge on any atom is 0.573 e. The van der Waals surface area contributed by atoms with E-state index in [1.807, 2.05) is 11.8 Å². The number of ether oxygens (including phenoxy) is 2. The molecule has 1 fully saturated rings. The summed E-state index contributed by atoms with van der Waals surface area (Å²) in [7, 11) is 0. The summed E-state index contributed by atoms with van der Waals surface area (Å²) in [4.78, 5) is 32.8. The average Bonchev–Trinajstić information content (AvgIpc) is 2.75. The number of hydrogen-bond donors (Lipinski definition) is 1. The Balaban J connectivity index is 1.66. The molecule has 0 bridgehead atoms. The topological polar surface area (TPSA) is 84.0 Å². The number of nitrogens with zero attached hydrogens (tertiary/aromatic N) is 3. The summed E-state index contributed by atoms with van der Waals surface area (Å²) in [5, 5.41) is 2.23. The highest BCUT2D eigenvalue weighted by Gasteiger charge is 2.33. The van der Waals surface area contributed by atoms with Gasteiger partial charge in [0.2, 0.25) is 0 Å². The Morgan fingerprint density at radius 3 is 2.42 bits per heavy atom. The fourth-order valence-corrected chi connectivity index (χ4v) is 3.90. The van der Waals surface area contributed by atoms with Gasteiger partial charge in [0.05, 0.1) is 15.7 Å². The molecule has 196 valence electrons. The van der Waals surface area contributed by atoms with Crippen molar-refractivity contribution in [3.05, 3.63) is 46.3 Å². The summed E-state index contributed by atoms with van der Waals surface area (Å²) in [6.07, 6.45) is -4.10. The number of pyridine rings is 1. The van der Waals surface area contributed by atoms with Crippen molar-refractivity contribution >= 4 is 39.4 Å². The van der Waals surface area contributed by atoms with Crippen LogP contribution in [0.15, 0.2) is 34.9 Å². The van der Waals surface area contributed by atoms with Crippen LogP contribution in [0.25, 0.3) is 0 Å². The fourth-order valence-electron chi connectivity index (χ4n) is 3.50. The zero-order valence-electron chi connectivity index (χ0n) is 19.9. The molecule has 2 amide bonds. The molecule has 36 heavy (non-hydrogen) atoms. The molecule has 13 heteroatoms. The monoisotopic (exact) mass is 576 g/mol. The number of amides is 2. The molecule has 0 spiro atoms. The third-order valence-electron chi connectivity index (χ3n) is 5.08. The Kier molecular flexibility index (Phi) is 8.01. The van der Waals surface area contributed by atoms with Gasteiger partial charge in [-0.1, -0.05) is 0 Å². The minimum atomic E-state index is -4.99. The first-order valence-corrected chi connectivity index (χ1v) is 11.7. The molecule has 8 nitrogen and oxygen atoms in total. The molecular formula is C23H25BrF4N4O4. The highest BCUT2D eigenvalue weighted by atomic mass is 79.9. The summed E-state index contributed by atoms with van der Waals surface area (Å²) in [5.74, 6) is -1.85. The highest BCUT2D eigenvalue weighted by Crippen LogP contribution is 2.34. The molecule has 0 aliphatic carbocycles. The van der Waals surface area contributed by atoms with Gasteiger partial charge in [0.1, 0.15) is 23.0 Å². The molecule has 0 radical (unpaired) electrons. The predicted molar refractivity (Wildman–Crippen MR) is 128 cm³/mol. The number of hydrogen-bond acceptors (Lipinski definition) is 6. The molecule has 1 aromatic carbocycles. The van der Waals surface area contributed by atoms with Crippen LogP contribution >= 0.6 is 15.9 Å². The number of alkyl halides is 3. The fraction of sp³-hybridized carbons (Fsp3) is 0.435. The van der Waals surface area contributed by atoms with Crippen LogP contribution < -0.4 is 15.0 Å².